The van der Waals surface area contributed by atoms with Gasteiger partial charge in [-0.1, -0.05) is 78.9 Å². The molecule has 50 heavy (non-hydrogen) atoms. The summed E-state index contributed by atoms with van der Waals surface area (Å²) >= 11 is 0. The summed E-state index contributed by atoms with van der Waals surface area (Å²) in [6.45, 7) is 0. The lowest BCUT2D eigenvalue weighted by molar-refractivity contribution is 0.624. The number of hydrogen-bond acceptors (Lipinski definition) is 5. The number of nitrogens with zero attached hydrogens (tertiary/aromatic N) is 5. The van der Waals surface area contributed by atoms with Crippen molar-refractivity contribution in [1.82, 2.24) is 19.9 Å². The molecule has 5 heteroatoms. The summed E-state index contributed by atoms with van der Waals surface area (Å²) in [5.41, 5.74) is 14.8. The van der Waals surface area contributed by atoms with Crippen LogP contribution in [0.15, 0.2) is 163 Å². The van der Waals surface area contributed by atoms with Crippen LogP contribution in [-0.4, -0.2) is 25.6 Å². The Bertz CT molecular complexity index is 2390. The predicted octanol–water partition coefficient (Wildman–Crippen LogP) is 10.9. The normalized spacial score (nSPS) is 15.1. The maximum Gasteiger partial charge on any atom is 0.0781 e. The average molecular weight is 644 g/mol. The molecule has 4 aromatic heterocycles. The Morgan fingerprint density at radius 1 is 0.560 bits per heavy atom. The van der Waals surface area contributed by atoms with Crippen LogP contribution in [0.25, 0.3) is 66.9 Å². The molecule has 1 atom stereocenters. The lowest BCUT2D eigenvalue weighted by atomic mass is 9.83. The smallest absolute Gasteiger partial charge is 0.0781 e. The van der Waals surface area contributed by atoms with Gasteiger partial charge in [-0.25, -0.2) is 9.97 Å². The van der Waals surface area contributed by atoms with Crippen molar-refractivity contribution in [2.24, 2.45) is 10.9 Å². The molecule has 3 aromatic carbocycles. The second-order valence-electron chi connectivity index (χ2n) is 12.9. The number of para-hydroxylation sites is 1. The van der Waals surface area contributed by atoms with Crippen LogP contribution in [0.1, 0.15) is 18.4 Å². The molecule has 0 amide bonds. The van der Waals surface area contributed by atoms with E-state index in [1.54, 1.807) is 12.4 Å². The monoisotopic (exact) mass is 643 g/mol. The van der Waals surface area contributed by atoms with Gasteiger partial charge < -0.3 is 0 Å². The van der Waals surface area contributed by atoms with Gasteiger partial charge in [0, 0.05) is 64.1 Å². The van der Waals surface area contributed by atoms with E-state index in [9.17, 15) is 0 Å². The molecule has 0 N–H and O–H groups in total. The molecular weight excluding hydrogens is 611 g/mol. The molecule has 238 valence electrons. The Balaban J connectivity index is 1.09. The fourth-order valence-electron chi connectivity index (χ4n) is 7.14. The molecule has 0 fully saturated rings. The van der Waals surface area contributed by atoms with Gasteiger partial charge >= 0.3 is 0 Å². The number of allylic oxidation sites excluding steroid dienone is 4. The topological polar surface area (TPSA) is 63.9 Å². The molecule has 1 aliphatic carbocycles. The summed E-state index contributed by atoms with van der Waals surface area (Å²) < 4.78 is 0. The zero-order valence-corrected chi connectivity index (χ0v) is 27.4. The molecule has 5 heterocycles. The summed E-state index contributed by atoms with van der Waals surface area (Å²) in [4.78, 5) is 24.2. The second kappa shape index (κ2) is 12.9. The Kier molecular flexibility index (Phi) is 7.71. The van der Waals surface area contributed by atoms with Gasteiger partial charge in [-0.2, -0.15) is 0 Å². The van der Waals surface area contributed by atoms with Crippen LogP contribution < -0.4 is 0 Å². The lowest BCUT2D eigenvalue weighted by Crippen LogP contribution is -2.20. The highest BCUT2D eigenvalue weighted by molar-refractivity contribution is 6.06. The van der Waals surface area contributed by atoms with E-state index < -0.39 is 0 Å². The first-order chi connectivity index (χ1) is 24.8. The Morgan fingerprint density at radius 2 is 1.26 bits per heavy atom. The predicted molar refractivity (Wildman–Crippen MR) is 204 cm³/mol. The standard InChI is InChI=1S/C45H33N5/c1-2-4-16-40-34(10-3-1)25-39-44(50-41-17-6-5-15-38(41)45(39)49-40)31-20-18-30(19-21-31)32-11-7-12-33(24-32)37-26-42(35-13-8-22-46-28-35)48-43(27-37)36-14-9-23-47-29-36/h1-2,4-9,11-24,26-29,34H,3,10,25H2. The number of aliphatic imine (C=N–C) groups is 1. The minimum atomic E-state index is 0.387. The number of aromatic nitrogens is 4. The van der Waals surface area contributed by atoms with E-state index in [1.807, 2.05) is 36.7 Å². The Labute approximate surface area is 291 Å². The van der Waals surface area contributed by atoms with Crippen molar-refractivity contribution in [2.45, 2.75) is 19.3 Å². The first-order valence-electron chi connectivity index (χ1n) is 17.1. The van der Waals surface area contributed by atoms with Gasteiger partial charge in [0.15, 0.2) is 0 Å². The van der Waals surface area contributed by atoms with Crippen LogP contribution in [0.3, 0.4) is 0 Å². The molecule has 9 rings (SSSR count). The van der Waals surface area contributed by atoms with E-state index in [0.717, 1.165) is 91.9 Å². The summed E-state index contributed by atoms with van der Waals surface area (Å²) in [5, 5.41) is 1.12. The highest BCUT2D eigenvalue weighted by Crippen LogP contribution is 2.42. The van der Waals surface area contributed by atoms with E-state index in [1.165, 1.54) is 11.3 Å². The number of benzene rings is 3. The molecule has 0 bridgehead atoms. The number of rotatable bonds is 5. The van der Waals surface area contributed by atoms with Crippen molar-refractivity contribution in [3.63, 3.8) is 0 Å². The van der Waals surface area contributed by atoms with Crippen LogP contribution in [0.4, 0.5) is 5.69 Å². The molecule has 0 saturated heterocycles. The van der Waals surface area contributed by atoms with Gasteiger partial charge in [-0.15, -0.1) is 0 Å². The molecule has 1 aliphatic heterocycles. The van der Waals surface area contributed by atoms with Crippen molar-refractivity contribution < 1.29 is 0 Å². The molecular formula is C45H33N5. The largest absolute Gasteiger partial charge is 0.264 e. The SMILES string of the molecule is C1=CCCC2Cc3c(-c4ccc(-c5cccc(-c6cc(-c7cccnc7)nc(-c7cccnc7)c6)c5)cc4)nc4ccccc4c3N=C2C=C1. The highest BCUT2D eigenvalue weighted by Gasteiger charge is 2.27. The summed E-state index contributed by atoms with van der Waals surface area (Å²) in [7, 11) is 0. The van der Waals surface area contributed by atoms with Gasteiger partial charge in [0.1, 0.15) is 0 Å². The third-order valence-corrected chi connectivity index (χ3v) is 9.70. The first-order valence-corrected chi connectivity index (χ1v) is 17.1. The number of pyridine rings is 4. The summed E-state index contributed by atoms with van der Waals surface area (Å²) in [5.74, 6) is 0.387. The van der Waals surface area contributed by atoms with Crippen molar-refractivity contribution in [3.05, 3.63) is 164 Å². The molecule has 5 nitrogen and oxygen atoms in total. The molecule has 0 radical (unpaired) electrons. The van der Waals surface area contributed by atoms with Crippen molar-refractivity contribution in [2.75, 3.05) is 0 Å². The zero-order chi connectivity index (χ0) is 33.3. The highest BCUT2D eigenvalue weighted by atomic mass is 14.8. The minimum Gasteiger partial charge on any atom is -0.264 e. The van der Waals surface area contributed by atoms with E-state index in [-0.39, 0.29) is 0 Å². The first kappa shape index (κ1) is 29.8. The zero-order valence-electron chi connectivity index (χ0n) is 27.4. The Morgan fingerprint density at radius 3 is 2.00 bits per heavy atom. The number of fused-ring (bicyclic) bond motifs is 4. The van der Waals surface area contributed by atoms with E-state index in [2.05, 4.69) is 119 Å². The van der Waals surface area contributed by atoms with E-state index >= 15 is 0 Å². The molecule has 0 saturated carbocycles. The molecule has 1 unspecified atom stereocenters. The Hall–Kier alpha value is -6.33. The van der Waals surface area contributed by atoms with Crippen LogP contribution in [-0.2, 0) is 6.42 Å². The third-order valence-electron chi connectivity index (χ3n) is 9.70. The fraction of sp³-hybridized carbons (Fsp3) is 0.0889. The maximum atomic E-state index is 5.28. The summed E-state index contributed by atoms with van der Waals surface area (Å²) in [6, 6.07) is 38.2. The van der Waals surface area contributed by atoms with Gasteiger partial charge in [-0.05, 0) is 96.1 Å². The van der Waals surface area contributed by atoms with Crippen LogP contribution in [0.2, 0.25) is 0 Å². The third kappa shape index (κ3) is 5.73. The minimum absolute atomic E-state index is 0.387. The quantitative estimate of drug-likeness (QED) is 0.187. The van der Waals surface area contributed by atoms with Crippen LogP contribution in [0, 0.1) is 5.92 Å². The average Bonchev–Trinajstić information content (AvgIpc) is 3.18. The van der Waals surface area contributed by atoms with E-state index in [0.29, 0.717) is 5.92 Å². The van der Waals surface area contributed by atoms with Gasteiger partial charge in [0.2, 0.25) is 0 Å². The van der Waals surface area contributed by atoms with Gasteiger partial charge in [-0.3, -0.25) is 15.0 Å². The van der Waals surface area contributed by atoms with Crippen molar-refractivity contribution in [1.29, 1.82) is 0 Å². The van der Waals surface area contributed by atoms with Crippen LogP contribution in [0.5, 0.6) is 0 Å². The van der Waals surface area contributed by atoms with Crippen molar-refractivity contribution in [3.8, 4) is 56.0 Å². The fourth-order valence-corrected chi connectivity index (χ4v) is 7.14. The molecule has 2 aliphatic rings. The number of hydrogen-bond donors (Lipinski definition) is 0. The van der Waals surface area contributed by atoms with Gasteiger partial charge in [0.05, 0.1) is 28.3 Å². The van der Waals surface area contributed by atoms with Crippen molar-refractivity contribution >= 4 is 22.3 Å². The maximum absolute atomic E-state index is 5.28. The second-order valence-corrected chi connectivity index (χ2v) is 12.9. The van der Waals surface area contributed by atoms with Gasteiger partial charge in [0.25, 0.3) is 0 Å². The lowest BCUT2D eigenvalue weighted by Gasteiger charge is -2.26. The summed E-state index contributed by atoms with van der Waals surface area (Å²) in [6.07, 6.45) is 19.1. The molecule has 0 spiro atoms. The van der Waals surface area contributed by atoms with Crippen LogP contribution >= 0.6 is 0 Å². The molecule has 7 aromatic rings. The van der Waals surface area contributed by atoms with E-state index in [4.69, 9.17) is 15.0 Å².